The van der Waals surface area contributed by atoms with Gasteiger partial charge in [-0.05, 0) is 51.4 Å². The van der Waals surface area contributed by atoms with E-state index in [1.165, 1.54) is 116 Å². The van der Waals surface area contributed by atoms with Crippen LogP contribution in [0.3, 0.4) is 0 Å². The second-order valence-corrected chi connectivity index (χ2v) is 15.0. The van der Waals surface area contributed by atoms with Crippen LogP contribution in [0.1, 0.15) is 233 Å². The van der Waals surface area contributed by atoms with Crippen molar-refractivity contribution in [3.63, 3.8) is 0 Å². The van der Waals surface area contributed by atoms with E-state index in [9.17, 15) is 14.4 Å². The molecule has 52 heavy (non-hydrogen) atoms. The number of esters is 3. The van der Waals surface area contributed by atoms with Crippen molar-refractivity contribution in [2.24, 2.45) is 0 Å². The highest BCUT2D eigenvalue weighted by Gasteiger charge is 2.19. The number of carbonyl (C=O) groups excluding carboxylic acids is 3. The average Bonchev–Trinajstić information content (AvgIpc) is 3.14. The summed E-state index contributed by atoms with van der Waals surface area (Å²) >= 11 is 0. The molecule has 0 fully saturated rings. The topological polar surface area (TPSA) is 78.9 Å². The Morgan fingerprint density at radius 2 is 0.692 bits per heavy atom. The van der Waals surface area contributed by atoms with Crippen LogP contribution < -0.4 is 0 Å². The van der Waals surface area contributed by atoms with Gasteiger partial charge in [0, 0.05) is 19.3 Å². The fourth-order valence-electron chi connectivity index (χ4n) is 6.29. The molecule has 1 unspecified atom stereocenters. The lowest BCUT2D eigenvalue weighted by Gasteiger charge is -2.18. The van der Waals surface area contributed by atoms with Gasteiger partial charge >= 0.3 is 17.9 Å². The molecule has 0 aromatic heterocycles. The smallest absolute Gasteiger partial charge is 0.306 e. The van der Waals surface area contributed by atoms with E-state index in [0.717, 1.165) is 77.0 Å². The van der Waals surface area contributed by atoms with Crippen LogP contribution in [-0.2, 0) is 28.6 Å². The molecule has 0 rings (SSSR count). The van der Waals surface area contributed by atoms with E-state index in [0.29, 0.717) is 19.3 Å². The molecule has 0 N–H and O–H groups in total. The van der Waals surface area contributed by atoms with Gasteiger partial charge in [0.1, 0.15) is 13.2 Å². The second kappa shape index (κ2) is 41.6. The molecule has 304 valence electrons. The maximum absolute atomic E-state index is 12.6. The van der Waals surface area contributed by atoms with Crippen molar-refractivity contribution in [3.8, 4) is 0 Å². The zero-order chi connectivity index (χ0) is 38.0. The van der Waals surface area contributed by atoms with E-state index in [2.05, 4.69) is 45.1 Å². The number of ether oxygens (including phenoxy) is 3. The third kappa shape index (κ3) is 39.1. The molecule has 0 amide bonds. The largest absolute Gasteiger partial charge is 0.462 e. The number of hydrogen-bond donors (Lipinski definition) is 0. The van der Waals surface area contributed by atoms with Gasteiger partial charge in [0.2, 0.25) is 0 Å². The molecule has 0 aromatic rings. The third-order valence-corrected chi connectivity index (χ3v) is 9.71. The van der Waals surface area contributed by atoms with Gasteiger partial charge in [0.25, 0.3) is 0 Å². The molecule has 6 nitrogen and oxygen atoms in total. The number of rotatable bonds is 40. The van der Waals surface area contributed by atoms with E-state index in [4.69, 9.17) is 14.2 Å². The highest BCUT2D eigenvalue weighted by molar-refractivity contribution is 5.71. The Balaban J connectivity index is 4.19. The summed E-state index contributed by atoms with van der Waals surface area (Å²) < 4.78 is 16.6. The molecule has 0 aliphatic carbocycles. The average molecular weight is 733 g/mol. The van der Waals surface area contributed by atoms with Crippen molar-refractivity contribution in [1.82, 2.24) is 0 Å². The van der Waals surface area contributed by atoms with Crippen molar-refractivity contribution < 1.29 is 28.6 Å². The lowest BCUT2D eigenvalue weighted by atomic mass is 10.1. The van der Waals surface area contributed by atoms with Crippen molar-refractivity contribution in [1.29, 1.82) is 0 Å². The summed E-state index contributed by atoms with van der Waals surface area (Å²) in [6.07, 6.45) is 44.7. The summed E-state index contributed by atoms with van der Waals surface area (Å²) in [6, 6.07) is 0. The molecule has 0 saturated carbocycles. The van der Waals surface area contributed by atoms with Crippen LogP contribution in [0.4, 0.5) is 0 Å². The van der Waals surface area contributed by atoms with Gasteiger partial charge in [0.05, 0.1) is 0 Å². The van der Waals surface area contributed by atoms with Crippen LogP contribution in [0.15, 0.2) is 24.3 Å². The number of hydrogen-bond acceptors (Lipinski definition) is 6. The predicted molar refractivity (Wildman–Crippen MR) is 219 cm³/mol. The molecule has 0 spiro atoms. The Bertz CT molecular complexity index is 850. The van der Waals surface area contributed by atoms with Crippen LogP contribution in [0.2, 0.25) is 0 Å². The van der Waals surface area contributed by atoms with Crippen LogP contribution in [-0.4, -0.2) is 37.2 Å². The molecule has 1 atom stereocenters. The SMILES string of the molecule is CCCCCC/C=C\C/C=C\CCCCCCCCCC(=O)OCC(COC(=O)CCCCCCC)OC(=O)CCCCCCCCCCCCC. The highest BCUT2D eigenvalue weighted by Crippen LogP contribution is 2.14. The fraction of sp³-hybridized carbons (Fsp3) is 0.848. The lowest BCUT2D eigenvalue weighted by molar-refractivity contribution is -0.167. The van der Waals surface area contributed by atoms with E-state index in [-0.39, 0.29) is 31.1 Å². The minimum Gasteiger partial charge on any atom is -0.462 e. The Labute approximate surface area is 322 Å². The van der Waals surface area contributed by atoms with Gasteiger partial charge in [-0.2, -0.15) is 0 Å². The molecule has 0 radical (unpaired) electrons. The Morgan fingerprint density at radius 3 is 1.08 bits per heavy atom. The summed E-state index contributed by atoms with van der Waals surface area (Å²) in [5.74, 6) is -0.891. The van der Waals surface area contributed by atoms with Gasteiger partial charge in [-0.3, -0.25) is 14.4 Å². The molecule has 0 aromatic carbocycles. The zero-order valence-electron chi connectivity index (χ0n) is 34.6. The molecule has 0 aliphatic heterocycles. The third-order valence-electron chi connectivity index (χ3n) is 9.71. The van der Waals surface area contributed by atoms with Crippen molar-refractivity contribution >= 4 is 17.9 Å². The van der Waals surface area contributed by atoms with Crippen molar-refractivity contribution in [2.75, 3.05) is 13.2 Å². The normalized spacial score (nSPS) is 12.1. The first-order valence-electron chi connectivity index (χ1n) is 22.3. The first kappa shape index (κ1) is 49.9. The summed E-state index contributed by atoms with van der Waals surface area (Å²) in [5.41, 5.74) is 0. The van der Waals surface area contributed by atoms with Gasteiger partial charge in [-0.15, -0.1) is 0 Å². The van der Waals surface area contributed by atoms with Crippen molar-refractivity contribution in [3.05, 3.63) is 24.3 Å². The maximum Gasteiger partial charge on any atom is 0.306 e. The Hall–Kier alpha value is -2.11. The van der Waals surface area contributed by atoms with E-state index >= 15 is 0 Å². The zero-order valence-corrected chi connectivity index (χ0v) is 34.6. The van der Waals surface area contributed by atoms with Gasteiger partial charge in [-0.25, -0.2) is 0 Å². The Morgan fingerprint density at radius 1 is 0.385 bits per heavy atom. The quantitative estimate of drug-likeness (QED) is 0.0270. The molecular weight excluding hydrogens is 648 g/mol. The molecule has 6 heteroatoms. The monoisotopic (exact) mass is 733 g/mol. The number of carbonyl (C=O) groups is 3. The van der Waals surface area contributed by atoms with Crippen LogP contribution in [0.5, 0.6) is 0 Å². The minimum atomic E-state index is -0.764. The summed E-state index contributed by atoms with van der Waals surface area (Å²) in [5, 5.41) is 0. The molecule has 0 saturated heterocycles. The fourth-order valence-corrected chi connectivity index (χ4v) is 6.29. The molecule has 0 aliphatic rings. The number of allylic oxidation sites excluding steroid dienone is 4. The Kier molecular flexibility index (Phi) is 40.0. The second-order valence-electron chi connectivity index (χ2n) is 15.0. The molecule has 0 heterocycles. The van der Waals surface area contributed by atoms with E-state index in [1.54, 1.807) is 0 Å². The van der Waals surface area contributed by atoms with Gasteiger partial charge in [-0.1, -0.05) is 186 Å². The maximum atomic E-state index is 12.6. The van der Waals surface area contributed by atoms with Crippen molar-refractivity contribution in [2.45, 2.75) is 239 Å². The first-order valence-corrected chi connectivity index (χ1v) is 22.3. The standard InChI is InChI=1S/C46H84O6/c1-4-7-10-13-15-17-19-20-21-22-23-24-25-27-28-30-33-36-39-45(48)51-42-43(41-50-44(47)38-35-32-12-9-6-3)52-46(49)40-37-34-31-29-26-18-16-14-11-8-5-2/h17,19,21-22,43H,4-16,18,20,23-42H2,1-3H3/b19-17-,22-21-. The number of unbranched alkanes of at least 4 members (excludes halogenated alkanes) is 25. The van der Waals surface area contributed by atoms with Gasteiger partial charge < -0.3 is 14.2 Å². The predicted octanol–water partition coefficient (Wildman–Crippen LogP) is 14.0. The summed E-state index contributed by atoms with van der Waals surface area (Å²) in [6.45, 7) is 6.52. The highest BCUT2D eigenvalue weighted by atomic mass is 16.6. The van der Waals surface area contributed by atoms with Crippen LogP contribution in [0, 0.1) is 0 Å². The minimum absolute atomic E-state index is 0.0723. The van der Waals surface area contributed by atoms with Gasteiger partial charge in [0.15, 0.2) is 6.10 Å². The van der Waals surface area contributed by atoms with E-state index < -0.39 is 6.10 Å². The molecular formula is C46H84O6. The summed E-state index contributed by atoms with van der Waals surface area (Å²) in [4.78, 5) is 37.4. The van der Waals surface area contributed by atoms with E-state index in [1.807, 2.05) is 0 Å². The lowest BCUT2D eigenvalue weighted by Crippen LogP contribution is -2.30. The first-order chi connectivity index (χ1) is 25.5. The van der Waals surface area contributed by atoms with Crippen LogP contribution in [0.25, 0.3) is 0 Å². The molecule has 0 bridgehead atoms. The summed E-state index contributed by atoms with van der Waals surface area (Å²) in [7, 11) is 0. The van der Waals surface area contributed by atoms with Crippen LogP contribution >= 0.6 is 0 Å².